The lowest BCUT2D eigenvalue weighted by Gasteiger charge is -2.07. The van der Waals surface area contributed by atoms with Crippen LogP contribution < -0.4 is 5.32 Å². The first-order chi connectivity index (χ1) is 7.06. The van der Waals surface area contributed by atoms with E-state index in [-0.39, 0.29) is 18.6 Å². The van der Waals surface area contributed by atoms with Crippen molar-refractivity contribution in [1.29, 1.82) is 0 Å². The SMILES string of the molecule is CCO/C(C)=N\OCCC(=O)NC(C)C. The number of amides is 1. The van der Waals surface area contributed by atoms with Crippen LogP contribution in [0.5, 0.6) is 0 Å². The number of oxime groups is 1. The highest BCUT2D eigenvalue weighted by Gasteiger charge is 2.02. The van der Waals surface area contributed by atoms with E-state index in [1.165, 1.54) is 0 Å². The number of nitrogens with zero attached hydrogens (tertiary/aromatic N) is 1. The molecule has 0 unspecified atom stereocenters. The molecule has 5 heteroatoms. The Morgan fingerprint density at radius 1 is 1.47 bits per heavy atom. The molecule has 5 nitrogen and oxygen atoms in total. The summed E-state index contributed by atoms with van der Waals surface area (Å²) in [5, 5.41) is 6.44. The molecular weight excluding hydrogens is 196 g/mol. The van der Waals surface area contributed by atoms with E-state index in [0.29, 0.717) is 18.9 Å². The Morgan fingerprint density at radius 3 is 2.67 bits per heavy atom. The molecule has 0 aliphatic rings. The summed E-state index contributed by atoms with van der Waals surface area (Å²) >= 11 is 0. The van der Waals surface area contributed by atoms with Gasteiger partial charge in [0, 0.05) is 13.0 Å². The van der Waals surface area contributed by atoms with Gasteiger partial charge in [0.15, 0.2) is 0 Å². The van der Waals surface area contributed by atoms with E-state index in [1.54, 1.807) is 6.92 Å². The third-order valence-electron chi connectivity index (χ3n) is 1.42. The Labute approximate surface area is 90.8 Å². The zero-order chi connectivity index (χ0) is 11.7. The van der Waals surface area contributed by atoms with E-state index >= 15 is 0 Å². The van der Waals surface area contributed by atoms with Crippen LogP contribution in [-0.2, 0) is 14.4 Å². The van der Waals surface area contributed by atoms with Gasteiger partial charge in [-0.3, -0.25) is 4.79 Å². The monoisotopic (exact) mass is 216 g/mol. The Bertz CT molecular complexity index is 215. The molecule has 0 saturated carbocycles. The molecule has 0 aromatic carbocycles. The summed E-state index contributed by atoms with van der Waals surface area (Å²) in [5.74, 6) is 0.441. The van der Waals surface area contributed by atoms with Crippen LogP contribution in [0.2, 0.25) is 0 Å². The molecule has 0 spiro atoms. The van der Waals surface area contributed by atoms with Gasteiger partial charge in [0.05, 0.1) is 13.0 Å². The van der Waals surface area contributed by atoms with E-state index in [2.05, 4.69) is 10.5 Å². The minimum atomic E-state index is -0.0331. The predicted molar refractivity (Wildman–Crippen MR) is 58.6 cm³/mol. The fourth-order valence-corrected chi connectivity index (χ4v) is 0.904. The number of carbonyl (C=O) groups is 1. The molecular formula is C10H20N2O3. The molecule has 1 N–H and O–H groups in total. The van der Waals surface area contributed by atoms with Gasteiger partial charge in [-0.25, -0.2) is 0 Å². The van der Waals surface area contributed by atoms with Gasteiger partial charge in [-0.05, 0) is 20.8 Å². The summed E-state index contributed by atoms with van der Waals surface area (Å²) < 4.78 is 5.04. The van der Waals surface area contributed by atoms with Crippen molar-refractivity contribution in [3.05, 3.63) is 0 Å². The van der Waals surface area contributed by atoms with Crippen LogP contribution in [0.25, 0.3) is 0 Å². The first kappa shape index (κ1) is 13.7. The zero-order valence-electron chi connectivity index (χ0n) is 9.87. The summed E-state index contributed by atoms with van der Waals surface area (Å²) in [5.41, 5.74) is 0. The fourth-order valence-electron chi connectivity index (χ4n) is 0.904. The third-order valence-corrected chi connectivity index (χ3v) is 1.42. The largest absolute Gasteiger partial charge is 0.479 e. The highest BCUT2D eigenvalue weighted by molar-refractivity contribution is 5.76. The van der Waals surface area contributed by atoms with E-state index in [0.717, 1.165) is 0 Å². The van der Waals surface area contributed by atoms with Crippen LogP contribution >= 0.6 is 0 Å². The Kier molecular flexibility index (Phi) is 7.40. The zero-order valence-corrected chi connectivity index (χ0v) is 9.87. The lowest BCUT2D eigenvalue weighted by Crippen LogP contribution is -2.30. The Balaban J connectivity index is 3.53. The quantitative estimate of drug-likeness (QED) is 0.315. The van der Waals surface area contributed by atoms with E-state index in [4.69, 9.17) is 9.57 Å². The van der Waals surface area contributed by atoms with Crippen LogP contribution in [0.4, 0.5) is 0 Å². The molecule has 0 heterocycles. The van der Waals surface area contributed by atoms with Gasteiger partial charge in [-0.1, -0.05) is 5.16 Å². The highest BCUT2D eigenvalue weighted by atomic mass is 16.6. The van der Waals surface area contributed by atoms with E-state index in [9.17, 15) is 4.79 Å². The maximum Gasteiger partial charge on any atom is 0.223 e. The van der Waals surface area contributed by atoms with Crippen molar-refractivity contribution in [3.8, 4) is 0 Å². The van der Waals surface area contributed by atoms with E-state index in [1.807, 2.05) is 20.8 Å². The minimum Gasteiger partial charge on any atom is -0.479 e. The molecule has 0 aliphatic heterocycles. The number of carbonyl (C=O) groups excluding carboxylic acids is 1. The third kappa shape index (κ3) is 9.05. The van der Waals surface area contributed by atoms with Gasteiger partial charge in [0.2, 0.25) is 11.8 Å². The molecule has 0 atom stereocenters. The number of nitrogens with one attached hydrogen (secondary N) is 1. The Morgan fingerprint density at radius 2 is 2.13 bits per heavy atom. The van der Waals surface area contributed by atoms with Gasteiger partial charge in [0.25, 0.3) is 0 Å². The standard InChI is InChI=1S/C10H20N2O3/c1-5-14-9(4)12-15-7-6-10(13)11-8(2)3/h8H,5-7H2,1-4H3,(H,11,13)/b12-9-. The average Bonchev–Trinajstić information content (AvgIpc) is 2.12. The van der Waals surface area contributed by atoms with Crippen molar-refractivity contribution in [2.75, 3.05) is 13.2 Å². The second-order valence-corrected chi connectivity index (χ2v) is 3.35. The van der Waals surface area contributed by atoms with Gasteiger partial charge < -0.3 is 14.9 Å². The average molecular weight is 216 g/mol. The van der Waals surface area contributed by atoms with Crippen LogP contribution in [0.1, 0.15) is 34.1 Å². The molecule has 0 aromatic heterocycles. The lowest BCUT2D eigenvalue weighted by atomic mass is 10.3. The molecule has 1 amide bonds. The van der Waals surface area contributed by atoms with Crippen molar-refractivity contribution < 1.29 is 14.4 Å². The summed E-state index contributed by atoms with van der Waals surface area (Å²) in [6, 6.07) is 0.158. The predicted octanol–water partition coefficient (Wildman–Crippen LogP) is 1.29. The molecule has 0 aromatic rings. The van der Waals surface area contributed by atoms with Crippen LogP contribution in [-0.4, -0.2) is 31.1 Å². The van der Waals surface area contributed by atoms with Crippen molar-refractivity contribution >= 4 is 11.8 Å². The molecule has 88 valence electrons. The lowest BCUT2D eigenvalue weighted by molar-refractivity contribution is -0.122. The van der Waals surface area contributed by atoms with Gasteiger partial charge in [-0.2, -0.15) is 0 Å². The molecule has 0 aliphatic carbocycles. The van der Waals surface area contributed by atoms with Gasteiger partial charge >= 0.3 is 0 Å². The minimum absolute atomic E-state index is 0.0331. The number of rotatable bonds is 6. The second-order valence-electron chi connectivity index (χ2n) is 3.35. The number of hydrogen-bond acceptors (Lipinski definition) is 4. The van der Waals surface area contributed by atoms with Crippen molar-refractivity contribution in [1.82, 2.24) is 5.32 Å². The highest BCUT2D eigenvalue weighted by Crippen LogP contribution is 1.88. The number of hydrogen-bond donors (Lipinski definition) is 1. The fraction of sp³-hybridized carbons (Fsp3) is 0.800. The topological polar surface area (TPSA) is 59.9 Å². The van der Waals surface area contributed by atoms with Crippen LogP contribution in [0.3, 0.4) is 0 Å². The molecule has 0 radical (unpaired) electrons. The smallest absolute Gasteiger partial charge is 0.223 e. The van der Waals surface area contributed by atoms with Gasteiger partial charge in [0.1, 0.15) is 6.61 Å². The van der Waals surface area contributed by atoms with Crippen LogP contribution in [0, 0.1) is 0 Å². The van der Waals surface area contributed by atoms with Gasteiger partial charge in [-0.15, -0.1) is 0 Å². The maximum absolute atomic E-state index is 11.2. The molecule has 0 saturated heterocycles. The summed E-state index contributed by atoms with van der Waals surface area (Å²) in [4.78, 5) is 16.1. The molecule has 0 bridgehead atoms. The summed E-state index contributed by atoms with van der Waals surface area (Å²) in [6.07, 6.45) is 0.307. The summed E-state index contributed by atoms with van der Waals surface area (Å²) in [7, 11) is 0. The molecule has 15 heavy (non-hydrogen) atoms. The van der Waals surface area contributed by atoms with Crippen molar-refractivity contribution in [2.45, 2.75) is 40.2 Å². The number of ether oxygens (including phenoxy) is 1. The first-order valence-corrected chi connectivity index (χ1v) is 5.15. The Hall–Kier alpha value is -1.26. The first-order valence-electron chi connectivity index (χ1n) is 5.15. The van der Waals surface area contributed by atoms with Crippen molar-refractivity contribution in [3.63, 3.8) is 0 Å². The summed E-state index contributed by atoms with van der Waals surface area (Å²) in [6.45, 7) is 8.23. The second kappa shape index (κ2) is 8.08. The molecule has 0 fully saturated rings. The molecule has 0 rings (SSSR count). The normalized spacial score (nSPS) is 11.4. The van der Waals surface area contributed by atoms with Crippen molar-refractivity contribution in [2.24, 2.45) is 5.16 Å². The maximum atomic E-state index is 11.2. The van der Waals surface area contributed by atoms with E-state index < -0.39 is 0 Å². The van der Waals surface area contributed by atoms with Crippen LogP contribution in [0.15, 0.2) is 5.16 Å².